The van der Waals surface area contributed by atoms with Gasteiger partial charge in [0.25, 0.3) is 0 Å². The molecule has 0 radical (unpaired) electrons. The van der Waals surface area contributed by atoms with E-state index < -0.39 is 0 Å². The van der Waals surface area contributed by atoms with Gasteiger partial charge in [-0.1, -0.05) is 29.3 Å². The number of halogens is 2. The fourth-order valence-electron chi connectivity index (χ4n) is 4.39. The highest BCUT2D eigenvalue weighted by Crippen LogP contribution is 2.33. The minimum absolute atomic E-state index is 0.0168. The molecule has 1 aromatic heterocycles. The van der Waals surface area contributed by atoms with E-state index in [4.69, 9.17) is 23.2 Å². The van der Waals surface area contributed by atoms with Crippen molar-refractivity contribution in [3.8, 4) is 0 Å². The first-order chi connectivity index (χ1) is 14.4. The van der Waals surface area contributed by atoms with Crippen molar-refractivity contribution in [1.82, 2.24) is 9.88 Å². The van der Waals surface area contributed by atoms with Crippen molar-refractivity contribution in [2.75, 3.05) is 31.1 Å². The third-order valence-corrected chi connectivity index (χ3v) is 6.98. The lowest BCUT2D eigenvalue weighted by Gasteiger charge is -2.34. The highest BCUT2D eigenvalue weighted by molar-refractivity contribution is 6.42. The molecule has 1 aromatic carbocycles. The Morgan fingerprint density at radius 2 is 1.77 bits per heavy atom. The van der Waals surface area contributed by atoms with E-state index in [-0.39, 0.29) is 17.6 Å². The maximum atomic E-state index is 13.1. The fourth-order valence-corrected chi connectivity index (χ4v) is 4.70. The fraction of sp³-hybridized carbons (Fsp3) is 0.435. The van der Waals surface area contributed by atoms with E-state index >= 15 is 0 Å². The van der Waals surface area contributed by atoms with Crippen LogP contribution in [0.4, 0.5) is 5.82 Å². The molecule has 0 aliphatic carbocycles. The number of likely N-dealkylation sites (tertiary alicyclic amines) is 1. The summed E-state index contributed by atoms with van der Waals surface area (Å²) < 4.78 is 0. The summed E-state index contributed by atoms with van der Waals surface area (Å²) in [4.78, 5) is 33.1. The first kappa shape index (κ1) is 21.1. The van der Waals surface area contributed by atoms with Crippen LogP contribution in [0.15, 0.2) is 36.5 Å². The Labute approximate surface area is 187 Å². The molecule has 3 heterocycles. The van der Waals surface area contributed by atoms with Crippen molar-refractivity contribution >= 4 is 40.7 Å². The number of nitrogens with zero attached hydrogens (tertiary/aromatic N) is 3. The van der Waals surface area contributed by atoms with Crippen LogP contribution in [0.5, 0.6) is 0 Å². The highest BCUT2D eigenvalue weighted by atomic mass is 35.5. The van der Waals surface area contributed by atoms with E-state index in [0.717, 1.165) is 56.8 Å². The number of piperidine rings is 1. The van der Waals surface area contributed by atoms with Crippen molar-refractivity contribution < 1.29 is 9.59 Å². The van der Waals surface area contributed by atoms with Crippen LogP contribution in [0.2, 0.25) is 10.0 Å². The van der Waals surface area contributed by atoms with Crippen molar-refractivity contribution in [1.29, 1.82) is 0 Å². The van der Waals surface area contributed by atoms with Gasteiger partial charge in [-0.25, -0.2) is 4.98 Å². The topological polar surface area (TPSA) is 53.5 Å². The molecular weight excluding hydrogens is 421 g/mol. The lowest BCUT2D eigenvalue weighted by atomic mass is 9.95. The Hall–Kier alpha value is -2.11. The molecule has 1 amide bonds. The third kappa shape index (κ3) is 4.47. The van der Waals surface area contributed by atoms with Gasteiger partial charge >= 0.3 is 0 Å². The highest BCUT2D eigenvalue weighted by Gasteiger charge is 2.33. The molecular formula is C23H25Cl2N3O2. The maximum absolute atomic E-state index is 13.1. The molecule has 0 spiro atoms. The SMILES string of the molecule is CC(=O)c1ccc(N2CCC(C(=O)N3CCC(c4ccc(Cl)c(Cl)c4)C3)CC2)nc1. The summed E-state index contributed by atoms with van der Waals surface area (Å²) in [5.41, 5.74) is 1.77. The Morgan fingerprint density at radius 1 is 1.00 bits per heavy atom. The number of carbonyl (C=O) groups is 2. The molecule has 0 bridgehead atoms. The van der Waals surface area contributed by atoms with Gasteiger partial charge in [-0.2, -0.15) is 0 Å². The minimum Gasteiger partial charge on any atom is -0.357 e. The molecule has 2 fully saturated rings. The monoisotopic (exact) mass is 445 g/mol. The van der Waals surface area contributed by atoms with E-state index in [1.165, 1.54) is 6.92 Å². The molecule has 2 aliphatic heterocycles. The van der Waals surface area contributed by atoms with Crippen LogP contribution in [-0.4, -0.2) is 47.8 Å². The van der Waals surface area contributed by atoms with Crippen LogP contribution >= 0.6 is 23.2 Å². The van der Waals surface area contributed by atoms with Gasteiger partial charge < -0.3 is 9.80 Å². The third-order valence-electron chi connectivity index (χ3n) is 6.24. The van der Waals surface area contributed by atoms with Gasteiger partial charge in [-0.3, -0.25) is 9.59 Å². The van der Waals surface area contributed by atoms with Crippen molar-refractivity contribution in [3.63, 3.8) is 0 Å². The van der Waals surface area contributed by atoms with Crippen molar-refractivity contribution in [3.05, 3.63) is 57.7 Å². The summed E-state index contributed by atoms with van der Waals surface area (Å²) in [6.07, 6.45) is 4.23. The molecule has 7 heteroatoms. The maximum Gasteiger partial charge on any atom is 0.225 e. The molecule has 0 N–H and O–H groups in total. The Balaban J connectivity index is 1.32. The number of benzene rings is 1. The number of pyridine rings is 1. The van der Waals surface area contributed by atoms with Gasteiger partial charge in [0.15, 0.2) is 5.78 Å². The predicted molar refractivity (Wildman–Crippen MR) is 120 cm³/mol. The zero-order valence-electron chi connectivity index (χ0n) is 17.0. The number of aromatic nitrogens is 1. The van der Waals surface area contributed by atoms with Gasteiger partial charge in [-0.05, 0) is 56.0 Å². The molecule has 2 aliphatic rings. The van der Waals surface area contributed by atoms with E-state index in [0.29, 0.717) is 21.5 Å². The molecule has 1 unspecified atom stereocenters. The van der Waals surface area contributed by atoms with Crippen LogP contribution in [0.3, 0.4) is 0 Å². The van der Waals surface area contributed by atoms with Crippen LogP contribution in [0.25, 0.3) is 0 Å². The smallest absolute Gasteiger partial charge is 0.225 e. The quantitative estimate of drug-likeness (QED) is 0.632. The molecule has 30 heavy (non-hydrogen) atoms. The lowest BCUT2D eigenvalue weighted by molar-refractivity contribution is -0.135. The van der Waals surface area contributed by atoms with Crippen LogP contribution in [-0.2, 0) is 4.79 Å². The van der Waals surface area contributed by atoms with E-state index in [2.05, 4.69) is 9.88 Å². The molecule has 4 rings (SSSR count). The predicted octanol–water partition coefficient (Wildman–Crippen LogP) is 4.82. The molecule has 5 nitrogen and oxygen atoms in total. The summed E-state index contributed by atoms with van der Waals surface area (Å²) >= 11 is 12.2. The van der Waals surface area contributed by atoms with Gasteiger partial charge in [0.05, 0.1) is 10.0 Å². The van der Waals surface area contributed by atoms with Crippen molar-refractivity contribution in [2.45, 2.75) is 32.1 Å². The molecule has 0 saturated carbocycles. The normalized spacial score (nSPS) is 19.9. The first-order valence-corrected chi connectivity index (χ1v) is 11.1. The van der Waals surface area contributed by atoms with Crippen LogP contribution in [0.1, 0.15) is 48.0 Å². The second-order valence-electron chi connectivity index (χ2n) is 8.17. The second-order valence-corrected chi connectivity index (χ2v) is 8.98. The van der Waals surface area contributed by atoms with Crippen LogP contribution < -0.4 is 4.90 Å². The zero-order chi connectivity index (χ0) is 21.3. The summed E-state index contributed by atoms with van der Waals surface area (Å²) in [6.45, 7) is 4.67. The van der Waals surface area contributed by atoms with Gasteiger partial charge in [0, 0.05) is 49.8 Å². The average Bonchev–Trinajstić information content (AvgIpc) is 3.25. The van der Waals surface area contributed by atoms with E-state index in [1.54, 1.807) is 6.20 Å². The standard InChI is InChI=1S/C23H25Cl2N3O2/c1-15(29)18-3-5-22(26-13-18)27-9-6-16(7-10-27)23(30)28-11-8-19(14-28)17-2-4-20(24)21(25)12-17/h2-5,12-13,16,19H,6-11,14H2,1H3. The van der Waals surface area contributed by atoms with Gasteiger partial charge in [0.2, 0.25) is 5.91 Å². The van der Waals surface area contributed by atoms with Gasteiger partial charge in [-0.15, -0.1) is 0 Å². The molecule has 2 aromatic rings. The number of carbonyl (C=O) groups excluding carboxylic acids is 2. The summed E-state index contributed by atoms with van der Waals surface area (Å²) in [6, 6.07) is 9.47. The van der Waals surface area contributed by atoms with Gasteiger partial charge in [0.1, 0.15) is 5.82 Å². The number of anilines is 1. The first-order valence-electron chi connectivity index (χ1n) is 10.4. The lowest BCUT2D eigenvalue weighted by Crippen LogP contribution is -2.42. The summed E-state index contributed by atoms with van der Waals surface area (Å²) in [7, 11) is 0. The Morgan fingerprint density at radius 3 is 2.40 bits per heavy atom. The number of Topliss-reactive ketones (excluding diaryl/α,β-unsaturated/α-hetero) is 1. The number of amides is 1. The Bertz CT molecular complexity index is 940. The summed E-state index contributed by atoms with van der Waals surface area (Å²) in [5, 5.41) is 1.12. The van der Waals surface area contributed by atoms with Crippen LogP contribution in [0, 0.1) is 5.92 Å². The second kappa shape index (κ2) is 8.94. The number of hydrogen-bond donors (Lipinski definition) is 0. The Kier molecular flexibility index (Phi) is 6.30. The summed E-state index contributed by atoms with van der Waals surface area (Å²) in [5.74, 6) is 1.52. The molecule has 158 valence electrons. The average molecular weight is 446 g/mol. The number of hydrogen-bond acceptors (Lipinski definition) is 4. The van der Waals surface area contributed by atoms with E-state index in [9.17, 15) is 9.59 Å². The largest absolute Gasteiger partial charge is 0.357 e. The minimum atomic E-state index is 0.0168. The molecule has 1 atom stereocenters. The number of ketones is 1. The molecule has 2 saturated heterocycles. The number of rotatable bonds is 4. The van der Waals surface area contributed by atoms with Crippen molar-refractivity contribution in [2.24, 2.45) is 5.92 Å². The zero-order valence-corrected chi connectivity index (χ0v) is 18.5. The van der Waals surface area contributed by atoms with E-state index in [1.807, 2.05) is 35.2 Å².